The number of hydrogen-bond donors (Lipinski definition) is 2. The Hall–Kier alpha value is -3.49. The minimum atomic E-state index is -0.974. The summed E-state index contributed by atoms with van der Waals surface area (Å²) in [6.07, 6.45) is 0.816. The van der Waals surface area contributed by atoms with E-state index in [1.807, 2.05) is 26.0 Å². The molecule has 33 heavy (non-hydrogen) atoms. The number of aromatic nitrogens is 1. The number of benzene rings is 1. The topological polar surface area (TPSA) is 116 Å². The summed E-state index contributed by atoms with van der Waals surface area (Å²) in [5, 5.41) is 12.6. The number of methoxy groups -OCH3 is 3. The molecule has 2 N–H and O–H groups in total. The molecule has 9 heteroatoms. The van der Waals surface area contributed by atoms with E-state index >= 15 is 0 Å². The Balaban J connectivity index is 2.15. The first-order valence-corrected chi connectivity index (χ1v) is 10.6. The largest absolute Gasteiger partial charge is 0.503 e. The zero-order chi connectivity index (χ0) is 24.7. The van der Waals surface area contributed by atoms with Gasteiger partial charge in [0, 0.05) is 29.8 Å². The van der Waals surface area contributed by atoms with Gasteiger partial charge in [0.25, 0.3) is 5.91 Å². The first-order chi connectivity index (χ1) is 15.6. The number of esters is 1. The maximum Gasteiger partial charge on any atom is 0.328 e. The first kappa shape index (κ1) is 25.8. The summed E-state index contributed by atoms with van der Waals surface area (Å²) >= 11 is 0. The van der Waals surface area contributed by atoms with Crippen LogP contribution in [0.4, 0.5) is 0 Å². The molecule has 1 heterocycles. The fourth-order valence-electron chi connectivity index (χ4n) is 3.70. The average Bonchev–Trinajstić information content (AvgIpc) is 2.78. The molecule has 0 radical (unpaired) electrons. The third-order valence-electron chi connectivity index (χ3n) is 5.35. The molecule has 0 aliphatic rings. The van der Waals surface area contributed by atoms with Crippen LogP contribution in [0.1, 0.15) is 49.7 Å². The van der Waals surface area contributed by atoms with Crippen LogP contribution in [0.2, 0.25) is 0 Å². The lowest BCUT2D eigenvalue weighted by Gasteiger charge is -2.30. The van der Waals surface area contributed by atoms with Gasteiger partial charge in [-0.3, -0.25) is 4.79 Å². The van der Waals surface area contributed by atoms with Gasteiger partial charge >= 0.3 is 5.97 Å². The summed E-state index contributed by atoms with van der Waals surface area (Å²) in [6.45, 7) is 7.36. The van der Waals surface area contributed by atoms with Crippen LogP contribution in [0, 0.1) is 5.92 Å². The van der Waals surface area contributed by atoms with Crippen molar-refractivity contribution in [2.75, 3.05) is 21.3 Å². The van der Waals surface area contributed by atoms with Crippen molar-refractivity contribution in [3.8, 4) is 23.0 Å². The summed E-state index contributed by atoms with van der Waals surface area (Å²) < 4.78 is 21.5. The quantitative estimate of drug-likeness (QED) is 0.519. The molecule has 1 amide bonds. The molecule has 9 nitrogen and oxygen atoms in total. The smallest absolute Gasteiger partial charge is 0.328 e. The van der Waals surface area contributed by atoms with Gasteiger partial charge in [0.2, 0.25) is 0 Å². The minimum Gasteiger partial charge on any atom is -0.503 e. The Labute approximate surface area is 194 Å². The van der Waals surface area contributed by atoms with E-state index in [0.29, 0.717) is 11.5 Å². The van der Waals surface area contributed by atoms with E-state index in [1.54, 1.807) is 27.2 Å². The molecule has 0 spiro atoms. The molecule has 0 saturated heterocycles. The number of aromatic hydroxyl groups is 1. The second-order valence-electron chi connectivity index (χ2n) is 7.93. The van der Waals surface area contributed by atoms with Crippen molar-refractivity contribution < 1.29 is 33.6 Å². The van der Waals surface area contributed by atoms with Gasteiger partial charge < -0.3 is 29.4 Å². The SMILES string of the molecule is COc1ccc([C@H](C(C)C)[C@H](C)OC(=O)[C@H](C)NC(=O)c2nccc(OC)c2O)c(OC)c1. The van der Waals surface area contributed by atoms with Gasteiger partial charge in [-0.2, -0.15) is 0 Å². The predicted octanol–water partition coefficient (Wildman–Crippen LogP) is 3.30. The molecule has 2 rings (SSSR count). The molecule has 0 saturated carbocycles. The lowest BCUT2D eigenvalue weighted by molar-refractivity contribution is -0.151. The number of nitrogens with zero attached hydrogens (tertiary/aromatic N) is 1. The molecule has 0 bridgehead atoms. The molecule has 0 aliphatic heterocycles. The van der Waals surface area contributed by atoms with Crippen LogP contribution in [0.5, 0.6) is 23.0 Å². The molecule has 3 atom stereocenters. The molecule has 0 fully saturated rings. The van der Waals surface area contributed by atoms with E-state index in [-0.39, 0.29) is 23.3 Å². The van der Waals surface area contributed by atoms with Gasteiger partial charge in [-0.25, -0.2) is 9.78 Å². The molecule has 180 valence electrons. The van der Waals surface area contributed by atoms with Gasteiger partial charge in [0.05, 0.1) is 21.3 Å². The molecule has 2 aromatic rings. The number of rotatable bonds is 10. The number of hydrogen-bond acceptors (Lipinski definition) is 8. The zero-order valence-corrected chi connectivity index (χ0v) is 20.0. The Bertz CT molecular complexity index is 977. The third kappa shape index (κ3) is 6.06. The van der Waals surface area contributed by atoms with Crippen LogP contribution < -0.4 is 19.5 Å². The van der Waals surface area contributed by atoms with Crippen molar-refractivity contribution in [3.05, 3.63) is 41.7 Å². The number of pyridine rings is 1. The molecule has 0 unspecified atom stereocenters. The Kier molecular flexibility index (Phi) is 8.90. The number of amides is 1. The van der Waals surface area contributed by atoms with E-state index in [2.05, 4.69) is 10.3 Å². The van der Waals surface area contributed by atoms with Crippen molar-refractivity contribution in [3.63, 3.8) is 0 Å². The molecular weight excluding hydrogens is 428 g/mol. The van der Waals surface area contributed by atoms with Crippen molar-refractivity contribution in [2.24, 2.45) is 5.92 Å². The number of carbonyl (C=O) groups excluding carboxylic acids is 2. The summed E-state index contributed by atoms with van der Waals surface area (Å²) in [6, 6.07) is 5.96. The highest BCUT2D eigenvalue weighted by Crippen LogP contribution is 2.37. The minimum absolute atomic E-state index is 0.104. The summed E-state index contributed by atoms with van der Waals surface area (Å²) in [5.41, 5.74) is 0.640. The fraction of sp³-hybridized carbons (Fsp3) is 0.458. The lowest BCUT2D eigenvalue weighted by atomic mass is 9.83. The number of carbonyl (C=O) groups is 2. The van der Waals surface area contributed by atoms with E-state index in [9.17, 15) is 14.7 Å². The highest BCUT2D eigenvalue weighted by molar-refractivity contribution is 5.97. The number of ether oxygens (including phenoxy) is 4. The fourth-order valence-corrected chi connectivity index (χ4v) is 3.70. The van der Waals surface area contributed by atoms with Gasteiger partial charge in [-0.05, 0) is 25.8 Å². The first-order valence-electron chi connectivity index (χ1n) is 10.6. The van der Waals surface area contributed by atoms with Crippen LogP contribution in [-0.4, -0.2) is 55.4 Å². The van der Waals surface area contributed by atoms with E-state index < -0.39 is 29.8 Å². The van der Waals surface area contributed by atoms with Gasteiger partial charge in [-0.15, -0.1) is 0 Å². The predicted molar refractivity (Wildman–Crippen MR) is 122 cm³/mol. The summed E-state index contributed by atoms with van der Waals surface area (Å²) in [7, 11) is 4.52. The van der Waals surface area contributed by atoms with Crippen molar-refractivity contribution >= 4 is 11.9 Å². The monoisotopic (exact) mass is 460 g/mol. The van der Waals surface area contributed by atoms with Gasteiger partial charge in [0.15, 0.2) is 17.2 Å². The van der Waals surface area contributed by atoms with Crippen molar-refractivity contribution in [1.29, 1.82) is 0 Å². The van der Waals surface area contributed by atoms with Crippen LogP contribution in [0.25, 0.3) is 0 Å². The standard InChI is InChI=1S/C24H32N2O7/c1-13(2)20(17-9-8-16(30-5)12-19(17)32-7)15(4)33-24(29)14(3)26-23(28)21-22(27)18(31-6)10-11-25-21/h8-15,20,27H,1-7H3,(H,26,28)/t14-,15-,20+/m0/s1. The average molecular weight is 461 g/mol. The highest BCUT2D eigenvalue weighted by Gasteiger charge is 2.31. The zero-order valence-electron chi connectivity index (χ0n) is 20.0. The Morgan fingerprint density at radius 1 is 0.970 bits per heavy atom. The van der Waals surface area contributed by atoms with Gasteiger partial charge in [-0.1, -0.05) is 19.9 Å². The van der Waals surface area contributed by atoms with Crippen LogP contribution in [0.15, 0.2) is 30.5 Å². The molecular formula is C24H32N2O7. The van der Waals surface area contributed by atoms with Gasteiger partial charge in [0.1, 0.15) is 23.6 Å². The second kappa shape index (κ2) is 11.4. The van der Waals surface area contributed by atoms with Crippen molar-refractivity contribution in [1.82, 2.24) is 10.3 Å². The summed E-state index contributed by atoms with van der Waals surface area (Å²) in [5.74, 6) is -0.382. The second-order valence-corrected chi connectivity index (χ2v) is 7.93. The number of nitrogens with one attached hydrogen (secondary N) is 1. The lowest BCUT2D eigenvalue weighted by Crippen LogP contribution is -2.42. The van der Waals surface area contributed by atoms with Crippen LogP contribution in [0.3, 0.4) is 0 Å². The maximum absolute atomic E-state index is 12.7. The van der Waals surface area contributed by atoms with Crippen LogP contribution >= 0.6 is 0 Å². The maximum atomic E-state index is 12.7. The molecule has 1 aromatic heterocycles. The van der Waals surface area contributed by atoms with Crippen LogP contribution in [-0.2, 0) is 9.53 Å². The van der Waals surface area contributed by atoms with E-state index in [1.165, 1.54) is 26.3 Å². The summed E-state index contributed by atoms with van der Waals surface area (Å²) in [4.78, 5) is 29.1. The highest BCUT2D eigenvalue weighted by atomic mass is 16.5. The Morgan fingerprint density at radius 2 is 1.64 bits per heavy atom. The Morgan fingerprint density at radius 3 is 2.21 bits per heavy atom. The van der Waals surface area contributed by atoms with E-state index in [4.69, 9.17) is 18.9 Å². The molecule has 1 aromatic carbocycles. The van der Waals surface area contributed by atoms with E-state index in [0.717, 1.165) is 5.56 Å². The molecule has 0 aliphatic carbocycles. The normalized spacial score (nSPS) is 13.6. The van der Waals surface area contributed by atoms with Crippen molar-refractivity contribution in [2.45, 2.75) is 45.8 Å². The third-order valence-corrected chi connectivity index (χ3v) is 5.35.